The van der Waals surface area contributed by atoms with E-state index in [-0.39, 0.29) is 11.9 Å². The molecular formula is C16H18N6O. The summed E-state index contributed by atoms with van der Waals surface area (Å²) in [5, 5.41) is 4.04. The second kappa shape index (κ2) is 5.83. The van der Waals surface area contributed by atoms with Gasteiger partial charge in [0.1, 0.15) is 18.5 Å². The normalized spacial score (nSPS) is 17.9. The Kier molecular flexibility index (Phi) is 3.53. The highest BCUT2D eigenvalue weighted by Gasteiger charge is 2.31. The third-order valence-corrected chi connectivity index (χ3v) is 4.32. The molecule has 1 unspecified atom stereocenters. The average Bonchev–Trinajstić information content (AvgIpc) is 3.31. The quantitative estimate of drug-likeness (QED) is 0.798. The average molecular weight is 310 g/mol. The standard InChI is InChI=1S/C16H18N6O/c23-15(7-9-21-11-17-10-18-21)22-8-3-6-14(22)16-19-12-4-1-2-5-13(12)20-16/h1-2,4-5,10-11,14H,3,6-9H2,(H,19,20). The van der Waals surface area contributed by atoms with Gasteiger partial charge < -0.3 is 9.88 Å². The maximum absolute atomic E-state index is 12.6. The first-order valence-electron chi connectivity index (χ1n) is 7.88. The van der Waals surface area contributed by atoms with E-state index in [1.807, 2.05) is 29.2 Å². The third-order valence-electron chi connectivity index (χ3n) is 4.32. The van der Waals surface area contributed by atoms with Gasteiger partial charge in [-0.05, 0) is 25.0 Å². The van der Waals surface area contributed by atoms with Crippen molar-refractivity contribution in [3.05, 3.63) is 42.7 Å². The number of benzene rings is 1. The summed E-state index contributed by atoms with van der Waals surface area (Å²) in [6.07, 6.45) is 5.51. The molecule has 1 amide bonds. The molecule has 3 aromatic rings. The summed E-state index contributed by atoms with van der Waals surface area (Å²) in [5.74, 6) is 1.03. The molecule has 0 bridgehead atoms. The van der Waals surface area contributed by atoms with E-state index >= 15 is 0 Å². The number of amides is 1. The molecule has 0 saturated carbocycles. The monoisotopic (exact) mass is 310 g/mol. The SMILES string of the molecule is O=C(CCn1cncn1)N1CCCC1c1nc2ccccc2[nH]1. The van der Waals surface area contributed by atoms with Crippen molar-refractivity contribution in [3.8, 4) is 0 Å². The first-order chi connectivity index (χ1) is 11.3. The zero-order valence-electron chi connectivity index (χ0n) is 12.7. The maximum atomic E-state index is 12.6. The molecule has 1 aliphatic rings. The van der Waals surface area contributed by atoms with Crippen LogP contribution in [0.15, 0.2) is 36.9 Å². The smallest absolute Gasteiger partial charge is 0.225 e. The molecule has 0 radical (unpaired) electrons. The predicted molar refractivity (Wildman–Crippen MR) is 84.4 cm³/mol. The van der Waals surface area contributed by atoms with E-state index in [2.05, 4.69) is 20.1 Å². The Bertz CT molecular complexity index is 776. The molecule has 1 fully saturated rings. The largest absolute Gasteiger partial charge is 0.340 e. The molecule has 7 heteroatoms. The van der Waals surface area contributed by atoms with Crippen LogP contribution < -0.4 is 0 Å². The van der Waals surface area contributed by atoms with Gasteiger partial charge in [0.2, 0.25) is 5.91 Å². The Morgan fingerprint density at radius 1 is 1.35 bits per heavy atom. The fourth-order valence-corrected chi connectivity index (χ4v) is 3.18. The molecule has 1 saturated heterocycles. The first kappa shape index (κ1) is 13.9. The molecule has 118 valence electrons. The minimum absolute atomic E-state index is 0.0469. The van der Waals surface area contributed by atoms with E-state index in [1.165, 1.54) is 6.33 Å². The van der Waals surface area contributed by atoms with E-state index in [0.29, 0.717) is 13.0 Å². The number of carbonyl (C=O) groups excluding carboxylic acids is 1. The lowest BCUT2D eigenvalue weighted by molar-refractivity contribution is -0.132. The first-order valence-corrected chi connectivity index (χ1v) is 7.88. The lowest BCUT2D eigenvalue weighted by atomic mass is 10.2. The summed E-state index contributed by atoms with van der Waals surface area (Å²) in [7, 11) is 0. The van der Waals surface area contributed by atoms with Crippen molar-refractivity contribution in [1.29, 1.82) is 0 Å². The van der Waals surface area contributed by atoms with E-state index in [1.54, 1.807) is 11.0 Å². The van der Waals surface area contributed by atoms with Gasteiger partial charge in [0.15, 0.2) is 0 Å². The number of carbonyl (C=O) groups is 1. The van der Waals surface area contributed by atoms with E-state index < -0.39 is 0 Å². The minimum Gasteiger partial charge on any atom is -0.340 e. The summed E-state index contributed by atoms with van der Waals surface area (Å²) in [6.45, 7) is 1.35. The van der Waals surface area contributed by atoms with Crippen LogP contribution in [0.2, 0.25) is 0 Å². The maximum Gasteiger partial charge on any atom is 0.225 e. The Labute approximate surface area is 133 Å². The minimum atomic E-state index is 0.0469. The van der Waals surface area contributed by atoms with Gasteiger partial charge in [-0.15, -0.1) is 0 Å². The summed E-state index contributed by atoms with van der Waals surface area (Å²) in [6, 6.07) is 8.01. The number of aromatic nitrogens is 5. The van der Waals surface area contributed by atoms with Crippen molar-refractivity contribution in [2.75, 3.05) is 6.54 Å². The van der Waals surface area contributed by atoms with Gasteiger partial charge in [0, 0.05) is 13.0 Å². The number of aryl methyl sites for hydroxylation is 1. The number of H-pyrrole nitrogens is 1. The van der Waals surface area contributed by atoms with Gasteiger partial charge in [-0.3, -0.25) is 9.48 Å². The molecule has 1 N–H and O–H groups in total. The van der Waals surface area contributed by atoms with Crippen molar-refractivity contribution >= 4 is 16.9 Å². The Morgan fingerprint density at radius 2 is 2.26 bits per heavy atom. The number of likely N-dealkylation sites (tertiary alicyclic amines) is 1. The topological polar surface area (TPSA) is 79.7 Å². The summed E-state index contributed by atoms with van der Waals surface area (Å²) < 4.78 is 1.68. The van der Waals surface area contributed by atoms with Crippen LogP contribution in [0, 0.1) is 0 Å². The summed E-state index contributed by atoms with van der Waals surface area (Å²) >= 11 is 0. The molecule has 1 aromatic carbocycles. The molecule has 7 nitrogen and oxygen atoms in total. The van der Waals surface area contributed by atoms with Crippen LogP contribution in [0.1, 0.15) is 31.1 Å². The molecule has 3 heterocycles. The van der Waals surface area contributed by atoms with Gasteiger partial charge in [0.25, 0.3) is 0 Å². The van der Waals surface area contributed by atoms with Gasteiger partial charge in [-0.25, -0.2) is 9.97 Å². The number of aromatic amines is 1. The zero-order chi connectivity index (χ0) is 15.6. The highest BCUT2D eigenvalue weighted by molar-refractivity contribution is 5.78. The lowest BCUT2D eigenvalue weighted by Gasteiger charge is -2.23. The highest BCUT2D eigenvalue weighted by Crippen LogP contribution is 2.31. The molecule has 2 aromatic heterocycles. The highest BCUT2D eigenvalue weighted by atomic mass is 16.2. The number of rotatable bonds is 4. The second-order valence-electron chi connectivity index (χ2n) is 5.79. The molecule has 4 rings (SSSR count). The van der Waals surface area contributed by atoms with Crippen LogP contribution in [0.3, 0.4) is 0 Å². The lowest BCUT2D eigenvalue weighted by Crippen LogP contribution is -2.31. The van der Waals surface area contributed by atoms with Crippen LogP contribution in [-0.4, -0.2) is 42.1 Å². The number of hydrogen-bond donors (Lipinski definition) is 1. The molecular weight excluding hydrogens is 292 g/mol. The number of para-hydroxylation sites is 2. The van der Waals surface area contributed by atoms with Crippen molar-refractivity contribution in [3.63, 3.8) is 0 Å². The van der Waals surface area contributed by atoms with Gasteiger partial charge in [-0.1, -0.05) is 12.1 Å². The van der Waals surface area contributed by atoms with Crippen molar-refractivity contribution in [2.45, 2.75) is 31.8 Å². The number of nitrogens with one attached hydrogen (secondary N) is 1. The fraction of sp³-hybridized carbons (Fsp3) is 0.375. The number of imidazole rings is 1. The molecule has 0 spiro atoms. The van der Waals surface area contributed by atoms with Crippen LogP contribution in [0.4, 0.5) is 0 Å². The third kappa shape index (κ3) is 2.69. The van der Waals surface area contributed by atoms with Crippen LogP contribution in [0.5, 0.6) is 0 Å². The molecule has 1 atom stereocenters. The fourth-order valence-electron chi connectivity index (χ4n) is 3.18. The predicted octanol–water partition coefficient (Wildman–Crippen LogP) is 1.91. The summed E-state index contributed by atoms with van der Waals surface area (Å²) in [4.78, 5) is 26.4. The van der Waals surface area contributed by atoms with E-state index in [4.69, 9.17) is 0 Å². The summed E-state index contributed by atoms with van der Waals surface area (Å²) in [5.41, 5.74) is 1.97. The van der Waals surface area contributed by atoms with Crippen LogP contribution >= 0.6 is 0 Å². The molecule has 1 aliphatic heterocycles. The van der Waals surface area contributed by atoms with E-state index in [9.17, 15) is 4.79 Å². The van der Waals surface area contributed by atoms with Crippen LogP contribution in [0.25, 0.3) is 11.0 Å². The Morgan fingerprint density at radius 3 is 3.09 bits per heavy atom. The Balaban J connectivity index is 1.50. The van der Waals surface area contributed by atoms with Gasteiger partial charge in [0.05, 0.1) is 23.6 Å². The molecule has 23 heavy (non-hydrogen) atoms. The Hall–Kier alpha value is -2.70. The van der Waals surface area contributed by atoms with Gasteiger partial charge in [-0.2, -0.15) is 5.10 Å². The molecule has 0 aliphatic carbocycles. The van der Waals surface area contributed by atoms with Crippen LogP contribution in [-0.2, 0) is 11.3 Å². The van der Waals surface area contributed by atoms with E-state index in [0.717, 1.165) is 36.2 Å². The van der Waals surface area contributed by atoms with Crippen molar-refractivity contribution in [1.82, 2.24) is 29.6 Å². The van der Waals surface area contributed by atoms with Crippen molar-refractivity contribution in [2.24, 2.45) is 0 Å². The number of hydrogen-bond acceptors (Lipinski definition) is 4. The number of nitrogens with zero attached hydrogens (tertiary/aromatic N) is 5. The number of fused-ring (bicyclic) bond motifs is 1. The zero-order valence-corrected chi connectivity index (χ0v) is 12.7. The van der Waals surface area contributed by atoms with Crippen molar-refractivity contribution < 1.29 is 4.79 Å². The van der Waals surface area contributed by atoms with Gasteiger partial charge >= 0.3 is 0 Å². The second-order valence-corrected chi connectivity index (χ2v) is 5.79.